The van der Waals surface area contributed by atoms with Crippen molar-refractivity contribution in [2.45, 2.75) is 19.4 Å². The third kappa shape index (κ3) is 6.05. The van der Waals surface area contributed by atoms with E-state index in [2.05, 4.69) is 17.0 Å². The Hall–Kier alpha value is -2.68. The number of hydrogen-bond donors (Lipinski definition) is 0. The molecule has 2 aromatic rings. The molecule has 2 fully saturated rings. The van der Waals surface area contributed by atoms with Gasteiger partial charge in [-0.1, -0.05) is 48.5 Å². The van der Waals surface area contributed by atoms with Crippen LogP contribution in [0.1, 0.15) is 24.0 Å². The lowest BCUT2D eigenvalue weighted by molar-refractivity contribution is -0.135. The smallest absolute Gasteiger partial charge is 0.236 e. The Morgan fingerprint density at radius 3 is 2.35 bits per heavy atom. The predicted octanol–water partition coefficient (Wildman–Crippen LogP) is 3.19. The van der Waals surface area contributed by atoms with Gasteiger partial charge in [0.1, 0.15) is 0 Å². The Morgan fingerprint density at radius 1 is 1.00 bits per heavy atom. The number of sulfonamides is 1. The molecule has 0 atom stereocenters. The summed E-state index contributed by atoms with van der Waals surface area (Å²) < 4.78 is 32.4. The quantitative estimate of drug-likeness (QED) is 0.605. The molecule has 2 heterocycles. The molecule has 0 radical (unpaired) electrons. The van der Waals surface area contributed by atoms with Gasteiger partial charge in [-0.3, -0.25) is 4.79 Å². The zero-order valence-corrected chi connectivity index (χ0v) is 20.5. The summed E-state index contributed by atoms with van der Waals surface area (Å²) >= 11 is 0. The van der Waals surface area contributed by atoms with Gasteiger partial charge in [0.25, 0.3) is 0 Å². The fraction of sp³-hybridized carbons (Fsp3) is 0.423. The average Bonchev–Trinajstić information content (AvgIpc) is 2.88. The van der Waals surface area contributed by atoms with Gasteiger partial charge in [-0.15, -0.1) is 0 Å². The van der Waals surface area contributed by atoms with E-state index in [4.69, 9.17) is 4.74 Å². The number of ether oxygens (including phenoxy) is 1. The van der Waals surface area contributed by atoms with Crippen molar-refractivity contribution in [2.75, 3.05) is 51.3 Å². The first-order valence-electron chi connectivity index (χ1n) is 11.8. The second-order valence-corrected chi connectivity index (χ2v) is 10.7. The molecule has 0 N–H and O–H groups in total. The van der Waals surface area contributed by atoms with Gasteiger partial charge in [0.15, 0.2) is 0 Å². The molecule has 2 aliphatic rings. The molecule has 0 aromatic heterocycles. The Kier molecular flexibility index (Phi) is 8.03. The number of rotatable bonds is 7. The van der Waals surface area contributed by atoms with Crippen molar-refractivity contribution < 1.29 is 17.9 Å². The maximum absolute atomic E-state index is 13.2. The molecule has 0 spiro atoms. The van der Waals surface area contributed by atoms with Crippen LogP contribution < -0.4 is 4.90 Å². The fourth-order valence-electron chi connectivity index (χ4n) is 4.57. The van der Waals surface area contributed by atoms with Gasteiger partial charge >= 0.3 is 0 Å². The summed E-state index contributed by atoms with van der Waals surface area (Å²) in [5.74, 6) is -0.0845. The minimum atomic E-state index is -3.51. The standard InChI is InChI=1S/C26H33N3O4S/c1-27(21-24-9-5-6-10-25(24)28-16-18-33-19-17-28)26(30)23-11-14-29(15-12-23)34(31,32)20-13-22-7-3-2-4-8-22/h2-10,13,20,23H,11-12,14-19,21H2,1H3. The lowest BCUT2D eigenvalue weighted by Crippen LogP contribution is -2.43. The third-order valence-electron chi connectivity index (χ3n) is 6.52. The topological polar surface area (TPSA) is 70.2 Å². The van der Waals surface area contributed by atoms with Crippen molar-refractivity contribution in [1.82, 2.24) is 9.21 Å². The number of carbonyl (C=O) groups is 1. The van der Waals surface area contributed by atoms with Gasteiger partial charge in [-0.2, -0.15) is 4.31 Å². The molecule has 4 rings (SSSR count). The monoisotopic (exact) mass is 483 g/mol. The molecule has 0 unspecified atom stereocenters. The lowest BCUT2D eigenvalue weighted by atomic mass is 9.96. The van der Waals surface area contributed by atoms with E-state index in [-0.39, 0.29) is 11.8 Å². The fourth-order valence-corrected chi connectivity index (χ4v) is 5.80. The second-order valence-electron chi connectivity index (χ2n) is 8.85. The van der Waals surface area contributed by atoms with Crippen LogP contribution in [0.4, 0.5) is 5.69 Å². The minimum Gasteiger partial charge on any atom is -0.378 e. The van der Waals surface area contributed by atoms with Crippen molar-refractivity contribution in [3.8, 4) is 0 Å². The van der Waals surface area contributed by atoms with Crippen molar-refractivity contribution in [2.24, 2.45) is 5.92 Å². The van der Waals surface area contributed by atoms with E-state index in [1.807, 2.05) is 49.5 Å². The first-order chi connectivity index (χ1) is 16.4. The number of anilines is 1. The van der Waals surface area contributed by atoms with E-state index >= 15 is 0 Å². The zero-order valence-electron chi connectivity index (χ0n) is 19.7. The van der Waals surface area contributed by atoms with Crippen molar-refractivity contribution in [3.05, 3.63) is 71.1 Å². The Bertz CT molecular complexity index is 1090. The highest BCUT2D eigenvalue weighted by Gasteiger charge is 2.31. The number of para-hydroxylation sites is 1. The number of nitrogens with zero attached hydrogens (tertiary/aromatic N) is 3. The Labute approximate surface area is 202 Å². The molecule has 8 heteroatoms. The highest BCUT2D eigenvalue weighted by atomic mass is 32.2. The van der Waals surface area contributed by atoms with Crippen molar-refractivity contribution in [3.63, 3.8) is 0 Å². The molecular formula is C26H33N3O4S. The molecule has 7 nitrogen and oxygen atoms in total. The summed E-state index contributed by atoms with van der Waals surface area (Å²) in [5.41, 5.74) is 3.11. The maximum atomic E-state index is 13.2. The predicted molar refractivity (Wildman–Crippen MR) is 135 cm³/mol. The van der Waals surface area contributed by atoms with Crippen LogP contribution in [0.2, 0.25) is 0 Å². The van der Waals surface area contributed by atoms with Crippen LogP contribution in [0.25, 0.3) is 6.08 Å². The van der Waals surface area contributed by atoms with Crippen LogP contribution in [0.15, 0.2) is 60.0 Å². The number of benzene rings is 2. The number of amides is 1. The van der Waals surface area contributed by atoms with E-state index in [0.29, 0.717) is 45.7 Å². The van der Waals surface area contributed by atoms with E-state index in [0.717, 1.165) is 29.9 Å². The molecule has 182 valence electrons. The van der Waals surface area contributed by atoms with Crippen molar-refractivity contribution >= 4 is 27.7 Å². The van der Waals surface area contributed by atoms with Crippen molar-refractivity contribution in [1.29, 1.82) is 0 Å². The first kappa shape index (κ1) is 24.4. The molecule has 0 saturated carbocycles. The van der Waals surface area contributed by atoms with Gasteiger partial charge in [0.2, 0.25) is 15.9 Å². The van der Waals surface area contributed by atoms with Crippen LogP contribution in [-0.2, 0) is 26.1 Å². The Morgan fingerprint density at radius 2 is 1.65 bits per heavy atom. The van der Waals surface area contributed by atoms with Gasteiger partial charge in [-0.25, -0.2) is 8.42 Å². The first-order valence-corrected chi connectivity index (χ1v) is 13.3. The summed E-state index contributed by atoms with van der Waals surface area (Å²) in [5, 5.41) is 1.26. The van der Waals surface area contributed by atoms with Gasteiger partial charge in [0.05, 0.1) is 13.2 Å². The van der Waals surface area contributed by atoms with Crippen LogP contribution in [0.5, 0.6) is 0 Å². The minimum absolute atomic E-state index is 0.0775. The van der Waals surface area contributed by atoms with Crippen LogP contribution >= 0.6 is 0 Å². The second kappa shape index (κ2) is 11.2. The highest BCUT2D eigenvalue weighted by Crippen LogP contribution is 2.26. The average molecular weight is 484 g/mol. The van der Waals surface area contributed by atoms with Crippen LogP contribution in [0.3, 0.4) is 0 Å². The third-order valence-corrected chi connectivity index (χ3v) is 8.09. The van der Waals surface area contributed by atoms with Gasteiger partial charge in [0, 0.05) is 56.8 Å². The summed E-state index contributed by atoms with van der Waals surface area (Å²) in [6.07, 6.45) is 2.69. The molecule has 2 saturated heterocycles. The number of carbonyl (C=O) groups excluding carboxylic acids is 1. The van der Waals surface area contributed by atoms with E-state index in [1.165, 1.54) is 9.71 Å². The highest BCUT2D eigenvalue weighted by molar-refractivity contribution is 7.92. The molecular weight excluding hydrogens is 450 g/mol. The van der Waals surface area contributed by atoms with E-state index in [9.17, 15) is 13.2 Å². The zero-order chi connectivity index (χ0) is 24.0. The summed E-state index contributed by atoms with van der Waals surface area (Å²) in [7, 11) is -1.67. The summed E-state index contributed by atoms with van der Waals surface area (Å²) in [4.78, 5) is 17.3. The van der Waals surface area contributed by atoms with E-state index < -0.39 is 10.0 Å². The van der Waals surface area contributed by atoms with Crippen LogP contribution in [0, 0.1) is 5.92 Å². The van der Waals surface area contributed by atoms with Gasteiger partial charge in [-0.05, 0) is 36.1 Å². The number of piperidine rings is 1. The lowest BCUT2D eigenvalue weighted by Gasteiger charge is -2.33. The largest absolute Gasteiger partial charge is 0.378 e. The molecule has 34 heavy (non-hydrogen) atoms. The summed E-state index contributed by atoms with van der Waals surface area (Å²) in [6.45, 7) is 4.37. The van der Waals surface area contributed by atoms with E-state index in [1.54, 1.807) is 11.0 Å². The van der Waals surface area contributed by atoms with Crippen LogP contribution in [-0.4, -0.2) is 70.0 Å². The summed E-state index contributed by atoms with van der Waals surface area (Å²) in [6, 6.07) is 17.6. The molecule has 1 amide bonds. The Balaban J connectivity index is 1.33. The molecule has 0 aliphatic carbocycles. The molecule has 0 bridgehead atoms. The normalized spacial score (nSPS) is 18.3. The van der Waals surface area contributed by atoms with Gasteiger partial charge < -0.3 is 14.5 Å². The molecule has 2 aromatic carbocycles. The molecule has 2 aliphatic heterocycles. The maximum Gasteiger partial charge on any atom is 0.236 e. The SMILES string of the molecule is CN(Cc1ccccc1N1CCOCC1)C(=O)C1CCN(S(=O)(=O)C=Cc2ccccc2)CC1. The number of hydrogen-bond acceptors (Lipinski definition) is 5. The number of morpholine rings is 1.